The summed E-state index contributed by atoms with van der Waals surface area (Å²) in [7, 11) is 0. The Kier molecular flexibility index (Phi) is 18.9. The van der Waals surface area contributed by atoms with E-state index in [1.165, 1.54) is 0 Å². The molecule has 10 nitrogen and oxygen atoms in total. The van der Waals surface area contributed by atoms with Gasteiger partial charge in [-0.05, 0) is 150 Å². The number of carbonyl (C=O) groups is 3. The van der Waals surface area contributed by atoms with Crippen molar-refractivity contribution < 1.29 is 38.5 Å². The molecule has 0 aromatic heterocycles. The van der Waals surface area contributed by atoms with Crippen molar-refractivity contribution in [3.8, 4) is 11.5 Å². The summed E-state index contributed by atoms with van der Waals surface area (Å²) in [5.74, 6) is -2.19. The Labute approximate surface area is 360 Å². The van der Waals surface area contributed by atoms with Crippen LogP contribution in [-0.2, 0) is 34.0 Å². The number of aliphatic carboxylic acids is 2. The van der Waals surface area contributed by atoms with Crippen LogP contribution in [0, 0.1) is 19.7 Å². The lowest BCUT2D eigenvalue weighted by Crippen LogP contribution is -2.16. The quantitative estimate of drug-likeness (QED) is 0.0615. The topological polar surface area (TPSA) is 146 Å². The molecule has 0 spiro atoms. The number of nitrogens with one attached hydrogen (secondary N) is 3. The molecular weight excluding hydrogens is 908 g/mol. The molecule has 4 rings (SSSR count). The Morgan fingerprint density at radius 2 is 1.32 bits per heavy atom. The van der Waals surface area contributed by atoms with Crippen molar-refractivity contribution in [1.82, 2.24) is 0 Å². The lowest BCUT2D eigenvalue weighted by Gasteiger charge is -2.17. The molecule has 0 radical (unpaired) electrons. The number of benzene rings is 4. The van der Waals surface area contributed by atoms with Gasteiger partial charge in [-0.2, -0.15) is 0 Å². The molecule has 0 aliphatic rings. The van der Waals surface area contributed by atoms with Crippen LogP contribution in [0.4, 0.5) is 21.5 Å². The Morgan fingerprint density at radius 1 is 0.737 bits per heavy atom. The summed E-state index contributed by atoms with van der Waals surface area (Å²) in [6.45, 7) is 12.6. The number of carboxylic acid groups (broad SMARTS) is 2. The maximum atomic E-state index is 14.8. The van der Waals surface area contributed by atoms with E-state index in [1.54, 1.807) is 36.4 Å². The van der Waals surface area contributed by atoms with E-state index in [9.17, 15) is 18.8 Å². The van der Waals surface area contributed by atoms with Crippen LogP contribution in [0.25, 0.3) is 0 Å². The lowest BCUT2D eigenvalue weighted by atomic mass is 10.1. The second-order valence-corrected chi connectivity index (χ2v) is 16.2. The maximum absolute atomic E-state index is 14.8. The van der Waals surface area contributed by atoms with Gasteiger partial charge < -0.3 is 35.6 Å². The molecule has 0 aliphatic carbocycles. The minimum absolute atomic E-state index is 0.0205. The number of carbonyl (C=O) groups excluding carboxylic acids is 1. The molecule has 0 bridgehead atoms. The van der Waals surface area contributed by atoms with Crippen molar-refractivity contribution >= 4 is 90.0 Å². The molecule has 15 heteroatoms. The van der Waals surface area contributed by atoms with Gasteiger partial charge in [0.2, 0.25) is 5.91 Å². The first kappa shape index (κ1) is 47.3. The molecule has 5 N–H and O–H groups in total. The van der Waals surface area contributed by atoms with E-state index in [1.807, 2.05) is 27.7 Å². The first-order valence-corrected chi connectivity index (χ1v) is 20.6. The highest BCUT2D eigenvalue weighted by molar-refractivity contribution is 9.11. The van der Waals surface area contributed by atoms with Gasteiger partial charge in [-0.25, -0.2) is 4.39 Å². The maximum Gasteiger partial charge on any atom is 0.312 e. The van der Waals surface area contributed by atoms with E-state index < -0.39 is 24.3 Å². The van der Waals surface area contributed by atoms with Crippen LogP contribution in [0.1, 0.15) is 81.2 Å². The molecule has 0 saturated carbocycles. The summed E-state index contributed by atoms with van der Waals surface area (Å²) in [6.07, 6.45) is 1.61. The van der Waals surface area contributed by atoms with Gasteiger partial charge >= 0.3 is 11.9 Å². The predicted molar refractivity (Wildman–Crippen MR) is 233 cm³/mol. The van der Waals surface area contributed by atoms with Gasteiger partial charge in [0.05, 0.1) is 24.7 Å². The van der Waals surface area contributed by atoms with Crippen molar-refractivity contribution in [3.05, 3.63) is 107 Å². The average Bonchev–Trinajstić information content (AvgIpc) is 3.11. The van der Waals surface area contributed by atoms with Gasteiger partial charge in [0.25, 0.3) is 0 Å². The van der Waals surface area contributed by atoms with Crippen LogP contribution in [0.5, 0.6) is 11.5 Å². The molecule has 0 saturated heterocycles. The van der Waals surface area contributed by atoms with Gasteiger partial charge in [0.15, 0.2) is 11.6 Å². The van der Waals surface area contributed by atoms with Gasteiger partial charge in [0, 0.05) is 35.4 Å². The Bertz CT molecular complexity index is 2010. The second kappa shape index (κ2) is 22.8. The minimum Gasteiger partial charge on any atom is -0.487 e. The number of anilines is 3. The van der Waals surface area contributed by atoms with E-state index >= 15 is 0 Å². The number of aryl methyl sites for hydroxylation is 3. The molecule has 57 heavy (non-hydrogen) atoms. The van der Waals surface area contributed by atoms with Gasteiger partial charge in [-0.15, -0.1) is 0 Å². The van der Waals surface area contributed by atoms with Crippen molar-refractivity contribution in [2.24, 2.45) is 0 Å². The molecular formula is C42H48Br2Cl2FN3O7. The average molecular weight is 957 g/mol. The first-order chi connectivity index (χ1) is 26.9. The third-order valence-electron chi connectivity index (χ3n) is 8.50. The monoisotopic (exact) mass is 953 g/mol. The Hall–Kier alpha value is -4.04. The van der Waals surface area contributed by atoms with Crippen LogP contribution in [-0.4, -0.2) is 40.1 Å². The summed E-state index contributed by atoms with van der Waals surface area (Å²) >= 11 is 19.4. The standard InChI is InChI=1S/C21H24Br2N2O4.C21H24Cl2FNO3/c1-4-13(3)24-15-6-12(2)5-14(7-15)11-29-21-17(22)8-16(9-18(21)23)25-19(26)10-20(27)28;1-4-13(3)25-18-8-12(2)7-15(20(18)24)11-28-21-16(22)9-14(10-17(21)23)5-6-19(26)27/h5-9,13,24H,4,10-11H2,1-3H3,(H,25,26)(H,27,28);7-10,13,25H,4-6,11H2,1-3H3,(H,26,27). The zero-order valence-corrected chi connectivity index (χ0v) is 37.3. The fraction of sp³-hybridized carbons (Fsp3) is 0.357. The van der Waals surface area contributed by atoms with Crippen LogP contribution in [0.2, 0.25) is 10.0 Å². The molecule has 0 aliphatic heterocycles. The SMILES string of the molecule is CCC(C)Nc1cc(C)cc(COc2c(Br)cc(NC(=O)CC(=O)O)cc2Br)c1.CCC(C)Nc1cc(C)cc(COc2c(Cl)cc(CCC(=O)O)cc2Cl)c1F. The number of halogens is 5. The zero-order chi connectivity index (χ0) is 42.4. The lowest BCUT2D eigenvalue weighted by molar-refractivity contribution is -0.140. The van der Waals surface area contributed by atoms with E-state index in [2.05, 4.69) is 79.9 Å². The highest BCUT2D eigenvalue weighted by Gasteiger charge is 2.17. The summed E-state index contributed by atoms with van der Waals surface area (Å²) in [4.78, 5) is 33.0. The van der Waals surface area contributed by atoms with Crippen LogP contribution in [0.15, 0.2) is 63.5 Å². The van der Waals surface area contributed by atoms with Crippen LogP contribution in [0.3, 0.4) is 0 Å². The van der Waals surface area contributed by atoms with Gasteiger partial charge in [0.1, 0.15) is 25.4 Å². The minimum atomic E-state index is -1.18. The molecule has 0 heterocycles. The van der Waals surface area contributed by atoms with Gasteiger partial charge in [-0.1, -0.05) is 43.1 Å². The smallest absolute Gasteiger partial charge is 0.312 e. The summed E-state index contributed by atoms with van der Waals surface area (Å²) in [5.41, 5.74) is 6.16. The summed E-state index contributed by atoms with van der Waals surface area (Å²) in [5, 5.41) is 27.2. The number of ether oxygens (including phenoxy) is 2. The number of carboxylic acids is 2. The molecule has 4 aromatic rings. The highest BCUT2D eigenvalue weighted by atomic mass is 79.9. The van der Waals surface area contributed by atoms with Crippen LogP contribution >= 0.6 is 55.1 Å². The molecule has 308 valence electrons. The van der Waals surface area contributed by atoms with Crippen molar-refractivity contribution in [2.45, 2.75) is 98.9 Å². The third kappa shape index (κ3) is 15.7. The van der Waals surface area contributed by atoms with E-state index in [0.29, 0.717) is 56.3 Å². The zero-order valence-electron chi connectivity index (χ0n) is 32.6. The van der Waals surface area contributed by atoms with Crippen molar-refractivity contribution in [2.75, 3.05) is 16.0 Å². The molecule has 1 amide bonds. The van der Waals surface area contributed by atoms with Crippen molar-refractivity contribution in [1.29, 1.82) is 0 Å². The number of amides is 1. The van der Waals surface area contributed by atoms with E-state index in [4.69, 9.17) is 42.9 Å². The first-order valence-electron chi connectivity index (χ1n) is 18.3. The molecule has 4 aromatic carbocycles. The fourth-order valence-electron chi connectivity index (χ4n) is 5.40. The third-order valence-corrected chi connectivity index (χ3v) is 10.2. The normalized spacial score (nSPS) is 11.8. The number of hydrogen-bond donors (Lipinski definition) is 5. The number of hydrogen-bond acceptors (Lipinski definition) is 7. The summed E-state index contributed by atoms with van der Waals surface area (Å²) < 4.78 is 27.8. The van der Waals surface area contributed by atoms with Crippen molar-refractivity contribution in [3.63, 3.8) is 0 Å². The molecule has 0 fully saturated rings. The summed E-state index contributed by atoms with van der Waals surface area (Å²) in [6, 6.07) is 16.9. The van der Waals surface area contributed by atoms with Crippen LogP contribution < -0.4 is 25.4 Å². The molecule has 2 atom stereocenters. The Morgan fingerprint density at radius 3 is 1.89 bits per heavy atom. The van der Waals surface area contributed by atoms with E-state index in [-0.39, 0.29) is 40.7 Å². The second-order valence-electron chi connectivity index (χ2n) is 13.6. The number of rotatable bonds is 18. The van der Waals surface area contributed by atoms with Gasteiger partial charge in [-0.3, -0.25) is 14.4 Å². The largest absolute Gasteiger partial charge is 0.487 e. The predicted octanol–water partition coefficient (Wildman–Crippen LogP) is 12.0. The van der Waals surface area contributed by atoms with E-state index in [0.717, 1.165) is 35.2 Å². The highest BCUT2D eigenvalue weighted by Crippen LogP contribution is 2.38. The fourth-order valence-corrected chi connectivity index (χ4v) is 7.46. The molecule has 2 unspecified atom stereocenters. The Balaban J connectivity index is 0.000000306.